The van der Waals surface area contributed by atoms with Gasteiger partial charge >= 0.3 is 0 Å². The van der Waals surface area contributed by atoms with E-state index in [2.05, 4.69) is 5.32 Å². The van der Waals surface area contributed by atoms with Crippen molar-refractivity contribution in [2.45, 2.75) is 38.1 Å². The number of rotatable bonds is 3. The van der Waals surface area contributed by atoms with Gasteiger partial charge in [-0.05, 0) is 31.0 Å². The Hall–Kier alpha value is -1.55. The van der Waals surface area contributed by atoms with Gasteiger partial charge in [0, 0.05) is 31.5 Å². The molecule has 110 valence electrons. The Labute approximate surface area is 121 Å². The molecule has 1 aromatic carbocycles. The molecule has 4 nitrogen and oxygen atoms in total. The molecule has 0 heterocycles. The van der Waals surface area contributed by atoms with Gasteiger partial charge in [-0.3, -0.25) is 4.79 Å². The molecule has 0 aromatic heterocycles. The van der Waals surface area contributed by atoms with Gasteiger partial charge in [0.25, 0.3) is 0 Å². The third-order valence-corrected chi connectivity index (χ3v) is 4.04. The van der Waals surface area contributed by atoms with E-state index in [1.807, 2.05) is 43.3 Å². The molecule has 1 amide bonds. The Morgan fingerprint density at radius 1 is 1.25 bits per heavy atom. The quantitative estimate of drug-likeness (QED) is 0.834. The second-order valence-corrected chi connectivity index (χ2v) is 5.84. The lowest BCUT2D eigenvalue weighted by atomic mass is 9.94. The molecule has 1 aliphatic rings. The summed E-state index contributed by atoms with van der Waals surface area (Å²) < 4.78 is 0. The highest BCUT2D eigenvalue weighted by atomic mass is 16.1. The molecule has 2 atom stereocenters. The molecule has 0 aliphatic heterocycles. The van der Waals surface area contributed by atoms with E-state index in [0.29, 0.717) is 0 Å². The van der Waals surface area contributed by atoms with Crippen molar-refractivity contribution < 1.29 is 4.79 Å². The summed E-state index contributed by atoms with van der Waals surface area (Å²) in [5, 5.41) is 3.02. The van der Waals surface area contributed by atoms with Crippen LogP contribution in [0.1, 0.15) is 32.1 Å². The van der Waals surface area contributed by atoms with Crippen LogP contribution in [0.4, 0.5) is 11.4 Å². The third-order valence-electron chi connectivity index (χ3n) is 4.04. The first-order valence-electron chi connectivity index (χ1n) is 7.42. The third kappa shape index (κ3) is 3.73. The summed E-state index contributed by atoms with van der Waals surface area (Å²) in [4.78, 5) is 14.4. The van der Waals surface area contributed by atoms with Crippen molar-refractivity contribution in [3.8, 4) is 0 Å². The monoisotopic (exact) mass is 275 g/mol. The normalized spacial score (nSPS) is 22.9. The van der Waals surface area contributed by atoms with Gasteiger partial charge in [0.2, 0.25) is 5.91 Å². The molecule has 0 spiro atoms. The van der Waals surface area contributed by atoms with Gasteiger partial charge in [0.15, 0.2) is 0 Å². The van der Waals surface area contributed by atoms with Gasteiger partial charge in [-0.25, -0.2) is 0 Å². The number of amides is 1. The maximum atomic E-state index is 12.4. The lowest BCUT2D eigenvalue weighted by Gasteiger charge is -2.21. The van der Waals surface area contributed by atoms with Crippen LogP contribution in [0.5, 0.6) is 0 Å². The number of nitrogens with two attached hydrogens (primary N) is 1. The van der Waals surface area contributed by atoms with Gasteiger partial charge in [0.1, 0.15) is 0 Å². The summed E-state index contributed by atoms with van der Waals surface area (Å²) >= 11 is 0. The number of nitrogens with one attached hydrogen (secondary N) is 1. The first-order valence-corrected chi connectivity index (χ1v) is 7.42. The lowest BCUT2D eigenvalue weighted by molar-refractivity contribution is -0.120. The van der Waals surface area contributed by atoms with Crippen molar-refractivity contribution >= 4 is 17.3 Å². The predicted molar refractivity (Wildman–Crippen MR) is 83.9 cm³/mol. The zero-order valence-electron chi connectivity index (χ0n) is 12.4. The maximum Gasteiger partial charge on any atom is 0.229 e. The lowest BCUT2D eigenvalue weighted by Crippen LogP contribution is -2.37. The average Bonchev–Trinajstić information content (AvgIpc) is 2.63. The smallest absolute Gasteiger partial charge is 0.229 e. The largest absolute Gasteiger partial charge is 0.378 e. The van der Waals surface area contributed by atoms with Crippen molar-refractivity contribution in [3.05, 3.63) is 24.3 Å². The number of nitrogens with zero attached hydrogens (tertiary/aromatic N) is 1. The molecule has 0 bridgehead atoms. The Bertz CT molecular complexity index is 459. The molecule has 1 aromatic rings. The molecule has 1 aliphatic carbocycles. The second kappa shape index (κ2) is 6.75. The Morgan fingerprint density at radius 3 is 2.75 bits per heavy atom. The summed E-state index contributed by atoms with van der Waals surface area (Å²) in [6.07, 6.45) is 5.29. The molecule has 0 saturated heterocycles. The molecule has 2 unspecified atom stereocenters. The minimum Gasteiger partial charge on any atom is -0.378 e. The molecule has 4 heteroatoms. The predicted octanol–water partition coefficient (Wildman–Crippen LogP) is 2.60. The molecule has 2 rings (SSSR count). The van der Waals surface area contributed by atoms with E-state index >= 15 is 0 Å². The highest BCUT2D eigenvalue weighted by Crippen LogP contribution is 2.24. The molecular weight excluding hydrogens is 250 g/mol. The SMILES string of the molecule is CN(C)c1cccc(NC(=O)C2CCCCCC2N)c1. The summed E-state index contributed by atoms with van der Waals surface area (Å²) in [5.74, 6) is 0.0100. The first-order chi connectivity index (χ1) is 9.58. The van der Waals surface area contributed by atoms with E-state index in [9.17, 15) is 4.79 Å². The van der Waals surface area contributed by atoms with Crippen LogP contribution in [-0.2, 0) is 4.79 Å². The number of carbonyl (C=O) groups is 1. The van der Waals surface area contributed by atoms with Gasteiger partial charge in [-0.1, -0.05) is 25.3 Å². The number of benzene rings is 1. The fourth-order valence-electron chi connectivity index (χ4n) is 2.76. The number of hydrogen-bond donors (Lipinski definition) is 2. The van der Waals surface area contributed by atoms with Crippen LogP contribution in [-0.4, -0.2) is 26.0 Å². The number of hydrogen-bond acceptors (Lipinski definition) is 3. The van der Waals surface area contributed by atoms with Crippen LogP contribution in [0.25, 0.3) is 0 Å². The van der Waals surface area contributed by atoms with E-state index in [-0.39, 0.29) is 17.9 Å². The maximum absolute atomic E-state index is 12.4. The van der Waals surface area contributed by atoms with Gasteiger partial charge in [-0.15, -0.1) is 0 Å². The van der Waals surface area contributed by atoms with Gasteiger partial charge in [0.05, 0.1) is 5.92 Å². The first kappa shape index (κ1) is 14.9. The van der Waals surface area contributed by atoms with Crippen molar-refractivity contribution in [2.75, 3.05) is 24.3 Å². The van der Waals surface area contributed by atoms with Crippen LogP contribution >= 0.6 is 0 Å². The molecule has 20 heavy (non-hydrogen) atoms. The zero-order chi connectivity index (χ0) is 14.5. The highest BCUT2D eigenvalue weighted by molar-refractivity contribution is 5.93. The van der Waals surface area contributed by atoms with E-state index in [1.165, 1.54) is 6.42 Å². The second-order valence-electron chi connectivity index (χ2n) is 5.84. The fourth-order valence-corrected chi connectivity index (χ4v) is 2.76. The molecule has 1 saturated carbocycles. The Balaban J connectivity index is 2.04. The molecular formula is C16H25N3O. The molecule has 3 N–H and O–H groups in total. The molecule has 0 radical (unpaired) electrons. The van der Waals surface area contributed by atoms with E-state index in [0.717, 1.165) is 37.1 Å². The Kier molecular flexibility index (Phi) is 5.01. The van der Waals surface area contributed by atoms with Gasteiger partial charge < -0.3 is 16.0 Å². The molecule has 1 fully saturated rings. The number of carbonyl (C=O) groups excluding carboxylic acids is 1. The zero-order valence-corrected chi connectivity index (χ0v) is 12.4. The van der Waals surface area contributed by atoms with Crippen LogP contribution in [0.15, 0.2) is 24.3 Å². The average molecular weight is 275 g/mol. The summed E-state index contributed by atoms with van der Waals surface area (Å²) in [6.45, 7) is 0. The topological polar surface area (TPSA) is 58.4 Å². The van der Waals surface area contributed by atoms with E-state index in [1.54, 1.807) is 0 Å². The van der Waals surface area contributed by atoms with Crippen molar-refractivity contribution in [3.63, 3.8) is 0 Å². The minimum absolute atomic E-state index is 0.00506. The van der Waals surface area contributed by atoms with Crippen molar-refractivity contribution in [1.29, 1.82) is 0 Å². The minimum atomic E-state index is -0.0551. The van der Waals surface area contributed by atoms with Crippen LogP contribution in [0.2, 0.25) is 0 Å². The van der Waals surface area contributed by atoms with E-state index in [4.69, 9.17) is 5.73 Å². The van der Waals surface area contributed by atoms with Crippen LogP contribution in [0, 0.1) is 5.92 Å². The van der Waals surface area contributed by atoms with Crippen LogP contribution < -0.4 is 16.0 Å². The van der Waals surface area contributed by atoms with E-state index < -0.39 is 0 Å². The standard InChI is InChI=1S/C16H25N3O/c1-19(2)13-8-6-7-12(11-13)18-16(20)14-9-4-3-5-10-15(14)17/h6-8,11,14-15H,3-5,9-10,17H2,1-2H3,(H,18,20). The highest BCUT2D eigenvalue weighted by Gasteiger charge is 2.26. The fraction of sp³-hybridized carbons (Fsp3) is 0.562. The summed E-state index contributed by atoms with van der Waals surface area (Å²) in [6, 6.07) is 7.88. The van der Waals surface area contributed by atoms with Crippen LogP contribution in [0.3, 0.4) is 0 Å². The Morgan fingerprint density at radius 2 is 2.00 bits per heavy atom. The van der Waals surface area contributed by atoms with Crippen molar-refractivity contribution in [1.82, 2.24) is 0 Å². The number of anilines is 2. The van der Waals surface area contributed by atoms with Crippen molar-refractivity contribution in [2.24, 2.45) is 11.7 Å². The summed E-state index contributed by atoms with van der Waals surface area (Å²) in [7, 11) is 3.98. The summed E-state index contributed by atoms with van der Waals surface area (Å²) in [5.41, 5.74) is 8.06. The van der Waals surface area contributed by atoms with Gasteiger partial charge in [-0.2, -0.15) is 0 Å².